The molecule has 0 bridgehead atoms. The van der Waals surface area contributed by atoms with Gasteiger partial charge in [-0.25, -0.2) is 0 Å². The maximum atomic E-state index is 12.2. The number of hydrogen-bond acceptors (Lipinski definition) is 3. The lowest BCUT2D eigenvalue weighted by Gasteiger charge is -2.18. The second-order valence-electron chi connectivity index (χ2n) is 5.21. The fourth-order valence-corrected chi connectivity index (χ4v) is 3.06. The van der Waals surface area contributed by atoms with Crippen molar-refractivity contribution in [3.8, 4) is 5.75 Å². The van der Waals surface area contributed by atoms with Gasteiger partial charge in [-0.2, -0.15) is 0 Å². The summed E-state index contributed by atoms with van der Waals surface area (Å²) in [5.74, 6) is 1.18. The van der Waals surface area contributed by atoms with Crippen LogP contribution in [0.4, 0.5) is 0 Å². The first-order chi connectivity index (χ1) is 9.65. The first-order valence-electron chi connectivity index (χ1n) is 6.96. The van der Waals surface area contributed by atoms with Gasteiger partial charge in [-0.05, 0) is 43.5 Å². The van der Waals surface area contributed by atoms with E-state index in [2.05, 4.69) is 5.32 Å². The molecule has 0 heterocycles. The van der Waals surface area contributed by atoms with Gasteiger partial charge in [0.2, 0.25) is 5.91 Å². The highest BCUT2D eigenvalue weighted by atomic mass is 35.5. The quantitative estimate of drug-likeness (QED) is 0.876. The first kappa shape index (κ1) is 15.1. The Kier molecular flexibility index (Phi) is 5.26. The summed E-state index contributed by atoms with van der Waals surface area (Å²) in [5.41, 5.74) is 6.60. The van der Waals surface area contributed by atoms with Gasteiger partial charge in [-0.1, -0.05) is 18.0 Å². The SMILES string of the molecule is COc1ccc(Cl)cc1CNC(=O)[C@@H]1CCC[C@@H]1CN. The van der Waals surface area contributed by atoms with Crippen LogP contribution >= 0.6 is 11.6 Å². The number of methoxy groups -OCH3 is 1. The fourth-order valence-electron chi connectivity index (χ4n) is 2.86. The van der Waals surface area contributed by atoms with E-state index in [-0.39, 0.29) is 11.8 Å². The van der Waals surface area contributed by atoms with Gasteiger partial charge in [0.25, 0.3) is 0 Å². The molecule has 1 aliphatic rings. The third-order valence-corrected chi connectivity index (χ3v) is 4.23. The van der Waals surface area contributed by atoms with Crippen LogP contribution in [0, 0.1) is 11.8 Å². The normalized spacial score (nSPS) is 21.8. The predicted molar refractivity (Wildman–Crippen MR) is 79.7 cm³/mol. The smallest absolute Gasteiger partial charge is 0.223 e. The van der Waals surface area contributed by atoms with Crippen LogP contribution in [0.2, 0.25) is 5.02 Å². The number of amides is 1. The Labute approximate surface area is 124 Å². The molecule has 0 spiro atoms. The molecule has 2 rings (SSSR count). The molecule has 2 atom stereocenters. The number of carbonyl (C=O) groups is 1. The molecule has 0 radical (unpaired) electrons. The van der Waals surface area contributed by atoms with Crippen LogP contribution in [0.15, 0.2) is 18.2 Å². The lowest BCUT2D eigenvalue weighted by Crippen LogP contribution is -2.34. The van der Waals surface area contributed by atoms with Crippen molar-refractivity contribution < 1.29 is 9.53 Å². The summed E-state index contributed by atoms with van der Waals surface area (Å²) < 4.78 is 5.27. The lowest BCUT2D eigenvalue weighted by atomic mass is 9.95. The first-order valence-corrected chi connectivity index (χ1v) is 7.33. The molecule has 1 amide bonds. The van der Waals surface area contributed by atoms with Crippen molar-refractivity contribution in [3.63, 3.8) is 0 Å². The number of benzene rings is 1. The molecule has 1 aliphatic carbocycles. The van der Waals surface area contributed by atoms with Crippen LogP contribution in [0.1, 0.15) is 24.8 Å². The van der Waals surface area contributed by atoms with E-state index < -0.39 is 0 Å². The minimum Gasteiger partial charge on any atom is -0.496 e. The molecule has 1 saturated carbocycles. The third kappa shape index (κ3) is 3.44. The van der Waals surface area contributed by atoms with Crippen LogP contribution in [0.3, 0.4) is 0 Å². The van der Waals surface area contributed by atoms with E-state index in [9.17, 15) is 4.79 Å². The Hall–Kier alpha value is -1.26. The third-order valence-electron chi connectivity index (χ3n) is 3.99. The molecule has 4 nitrogen and oxygen atoms in total. The standard InChI is InChI=1S/C15H21ClN2O2/c1-20-14-6-5-12(16)7-11(14)9-18-15(19)13-4-2-3-10(13)8-17/h5-7,10,13H,2-4,8-9,17H2,1H3,(H,18,19)/t10-,13-/m1/s1. The number of rotatable bonds is 5. The maximum Gasteiger partial charge on any atom is 0.223 e. The molecule has 0 saturated heterocycles. The lowest BCUT2D eigenvalue weighted by molar-refractivity contribution is -0.126. The van der Waals surface area contributed by atoms with Gasteiger partial charge in [0, 0.05) is 23.0 Å². The largest absolute Gasteiger partial charge is 0.496 e. The molecular formula is C15H21ClN2O2. The van der Waals surface area contributed by atoms with Crippen molar-refractivity contribution in [1.29, 1.82) is 0 Å². The Bertz CT molecular complexity index is 479. The summed E-state index contributed by atoms with van der Waals surface area (Å²) in [4.78, 5) is 12.2. The second kappa shape index (κ2) is 6.95. The molecule has 0 aromatic heterocycles. The summed E-state index contributed by atoms with van der Waals surface area (Å²) in [5, 5.41) is 3.61. The van der Waals surface area contributed by atoms with E-state index in [1.54, 1.807) is 13.2 Å². The zero-order valence-electron chi connectivity index (χ0n) is 11.7. The van der Waals surface area contributed by atoms with Crippen molar-refractivity contribution in [2.75, 3.05) is 13.7 Å². The van der Waals surface area contributed by atoms with Crippen LogP contribution in [-0.4, -0.2) is 19.6 Å². The van der Waals surface area contributed by atoms with Gasteiger partial charge in [0.15, 0.2) is 0 Å². The molecule has 0 unspecified atom stereocenters. The Balaban J connectivity index is 1.98. The summed E-state index contributed by atoms with van der Waals surface area (Å²) in [6.45, 7) is 1.01. The van der Waals surface area contributed by atoms with E-state index >= 15 is 0 Å². The van der Waals surface area contributed by atoms with Crippen molar-refractivity contribution in [3.05, 3.63) is 28.8 Å². The van der Waals surface area contributed by atoms with Crippen molar-refractivity contribution >= 4 is 17.5 Å². The monoisotopic (exact) mass is 296 g/mol. The van der Waals surface area contributed by atoms with E-state index in [1.807, 2.05) is 12.1 Å². The highest BCUT2D eigenvalue weighted by Gasteiger charge is 2.31. The van der Waals surface area contributed by atoms with Gasteiger partial charge >= 0.3 is 0 Å². The maximum absolute atomic E-state index is 12.2. The molecule has 1 aromatic rings. The average molecular weight is 297 g/mol. The minimum atomic E-state index is 0.0465. The number of nitrogens with two attached hydrogens (primary N) is 1. The van der Waals surface area contributed by atoms with Crippen molar-refractivity contribution in [1.82, 2.24) is 5.32 Å². The molecule has 3 N–H and O–H groups in total. The number of halogens is 1. The van der Waals surface area contributed by atoms with Crippen molar-refractivity contribution in [2.45, 2.75) is 25.8 Å². The average Bonchev–Trinajstić information content (AvgIpc) is 2.93. The highest BCUT2D eigenvalue weighted by Crippen LogP contribution is 2.31. The Morgan fingerprint density at radius 1 is 1.50 bits per heavy atom. The van der Waals surface area contributed by atoms with Crippen LogP contribution < -0.4 is 15.8 Å². The van der Waals surface area contributed by atoms with Crippen LogP contribution in [0.25, 0.3) is 0 Å². The number of carbonyl (C=O) groups excluding carboxylic acids is 1. The summed E-state index contributed by atoms with van der Waals surface area (Å²) in [6, 6.07) is 5.39. The Morgan fingerprint density at radius 2 is 2.30 bits per heavy atom. The van der Waals surface area contributed by atoms with E-state index in [4.69, 9.17) is 22.1 Å². The molecule has 1 fully saturated rings. The molecule has 0 aliphatic heterocycles. The molecule has 20 heavy (non-hydrogen) atoms. The number of nitrogens with one attached hydrogen (secondary N) is 1. The minimum absolute atomic E-state index is 0.0465. The molecule has 110 valence electrons. The highest BCUT2D eigenvalue weighted by molar-refractivity contribution is 6.30. The summed E-state index contributed by atoms with van der Waals surface area (Å²) >= 11 is 5.98. The van der Waals surface area contributed by atoms with Gasteiger partial charge in [0.1, 0.15) is 5.75 Å². The zero-order valence-corrected chi connectivity index (χ0v) is 12.5. The van der Waals surface area contributed by atoms with E-state index in [1.165, 1.54) is 0 Å². The summed E-state index contributed by atoms with van der Waals surface area (Å²) in [6.07, 6.45) is 3.07. The number of ether oxygens (including phenoxy) is 1. The van der Waals surface area contributed by atoms with Crippen molar-refractivity contribution in [2.24, 2.45) is 17.6 Å². The molecule has 1 aromatic carbocycles. The Morgan fingerprint density at radius 3 is 3.00 bits per heavy atom. The molecule has 5 heteroatoms. The van der Waals surface area contributed by atoms with Gasteiger partial charge in [-0.15, -0.1) is 0 Å². The fraction of sp³-hybridized carbons (Fsp3) is 0.533. The zero-order chi connectivity index (χ0) is 14.5. The van der Waals surface area contributed by atoms with Gasteiger partial charge < -0.3 is 15.8 Å². The van der Waals surface area contributed by atoms with Gasteiger partial charge in [0.05, 0.1) is 7.11 Å². The van der Waals surface area contributed by atoms with E-state index in [0.29, 0.717) is 24.0 Å². The molecular weight excluding hydrogens is 276 g/mol. The van der Waals surface area contributed by atoms with E-state index in [0.717, 1.165) is 30.6 Å². The topological polar surface area (TPSA) is 64.3 Å². The summed E-state index contributed by atoms with van der Waals surface area (Å²) in [7, 11) is 1.61. The van der Waals surface area contributed by atoms with Crippen LogP contribution in [-0.2, 0) is 11.3 Å². The predicted octanol–water partition coefficient (Wildman–Crippen LogP) is 2.34. The number of hydrogen-bond donors (Lipinski definition) is 2. The van der Waals surface area contributed by atoms with Crippen LogP contribution in [0.5, 0.6) is 5.75 Å². The second-order valence-corrected chi connectivity index (χ2v) is 5.64. The van der Waals surface area contributed by atoms with Gasteiger partial charge in [-0.3, -0.25) is 4.79 Å².